The van der Waals surface area contributed by atoms with Gasteiger partial charge in [-0.1, -0.05) is 60.7 Å². The molecule has 4 rings (SSSR count). The zero-order valence-electron chi connectivity index (χ0n) is 16.2. The molecule has 0 spiro atoms. The van der Waals surface area contributed by atoms with Gasteiger partial charge in [0.1, 0.15) is 5.82 Å². The second-order valence-electron chi connectivity index (χ2n) is 7.36. The lowest BCUT2D eigenvalue weighted by Gasteiger charge is -2.39. The maximum atomic E-state index is 11.7. The predicted molar refractivity (Wildman–Crippen MR) is 111 cm³/mol. The summed E-state index contributed by atoms with van der Waals surface area (Å²) in [4.78, 5) is 23.8. The van der Waals surface area contributed by atoms with Crippen LogP contribution in [-0.4, -0.2) is 45.9 Å². The van der Waals surface area contributed by atoms with Gasteiger partial charge in [0, 0.05) is 38.8 Å². The summed E-state index contributed by atoms with van der Waals surface area (Å²) in [6, 6.07) is 23.3. The number of aromatic nitrogens is 2. The van der Waals surface area contributed by atoms with Crippen LogP contribution in [0.1, 0.15) is 28.7 Å². The summed E-state index contributed by atoms with van der Waals surface area (Å²) in [5.74, 6) is 0.675. The minimum absolute atomic E-state index is 0.0747. The number of H-pyrrole nitrogens is 1. The maximum absolute atomic E-state index is 11.7. The first-order valence-electron chi connectivity index (χ1n) is 9.82. The fourth-order valence-electron chi connectivity index (χ4n) is 4.02. The number of hydrogen-bond donors (Lipinski definition) is 1. The molecule has 0 saturated carbocycles. The van der Waals surface area contributed by atoms with E-state index >= 15 is 0 Å². The Labute approximate surface area is 165 Å². The van der Waals surface area contributed by atoms with Crippen molar-refractivity contribution >= 4 is 0 Å². The number of nitrogens with zero attached hydrogens (tertiary/aromatic N) is 3. The number of aromatic amines is 1. The molecule has 0 bridgehead atoms. The Balaban J connectivity index is 1.48. The third-order valence-electron chi connectivity index (χ3n) is 5.30. The van der Waals surface area contributed by atoms with Gasteiger partial charge in [-0.25, -0.2) is 4.98 Å². The Morgan fingerprint density at radius 1 is 0.929 bits per heavy atom. The summed E-state index contributed by atoms with van der Waals surface area (Å²) in [5.41, 5.74) is 3.43. The SMILES string of the molecule is Cc1nc(CN2CCN(C(c3ccccc3)c3ccccc3)CC2)cc(=O)[nH]1. The fraction of sp³-hybridized carbons (Fsp3) is 0.304. The van der Waals surface area contributed by atoms with Crippen molar-refractivity contribution in [2.45, 2.75) is 19.5 Å². The molecule has 0 radical (unpaired) electrons. The van der Waals surface area contributed by atoms with Crippen molar-refractivity contribution in [1.82, 2.24) is 19.8 Å². The highest BCUT2D eigenvalue weighted by atomic mass is 16.1. The Kier molecular flexibility index (Phi) is 5.65. The third-order valence-corrected chi connectivity index (χ3v) is 5.30. The van der Waals surface area contributed by atoms with Crippen LogP contribution in [0.5, 0.6) is 0 Å². The zero-order valence-corrected chi connectivity index (χ0v) is 16.2. The van der Waals surface area contributed by atoms with Gasteiger partial charge < -0.3 is 4.98 Å². The normalized spacial score (nSPS) is 15.8. The van der Waals surface area contributed by atoms with Crippen molar-refractivity contribution in [3.63, 3.8) is 0 Å². The van der Waals surface area contributed by atoms with Crippen LogP contribution in [0.4, 0.5) is 0 Å². The van der Waals surface area contributed by atoms with E-state index in [1.165, 1.54) is 11.1 Å². The van der Waals surface area contributed by atoms with Gasteiger partial charge >= 0.3 is 0 Å². The van der Waals surface area contributed by atoms with Crippen LogP contribution in [0.3, 0.4) is 0 Å². The van der Waals surface area contributed by atoms with E-state index in [2.05, 4.69) is 80.4 Å². The van der Waals surface area contributed by atoms with Crippen molar-refractivity contribution in [2.75, 3.05) is 26.2 Å². The van der Waals surface area contributed by atoms with Crippen molar-refractivity contribution < 1.29 is 0 Å². The molecular weight excluding hydrogens is 348 g/mol. The summed E-state index contributed by atoms with van der Waals surface area (Å²) < 4.78 is 0. The molecule has 1 N–H and O–H groups in total. The van der Waals surface area contributed by atoms with E-state index in [0.29, 0.717) is 5.82 Å². The van der Waals surface area contributed by atoms with Gasteiger partial charge in [0.05, 0.1) is 11.7 Å². The van der Waals surface area contributed by atoms with E-state index in [4.69, 9.17) is 0 Å². The molecule has 2 heterocycles. The Bertz CT molecular complexity index is 908. The molecular formula is C23H26N4O. The van der Waals surface area contributed by atoms with Crippen molar-refractivity contribution in [3.8, 4) is 0 Å². The van der Waals surface area contributed by atoms with Crippen LogP contribution in [0.25, 0.3) is 0 Å². The van der Waals surface area contributed by atoms with Crippen LogP contribution in [0, 0.1) is 6.92 Å². The number of piperazine rings is 1. The van der Waals surface area contributed by atoms with Gasteiger partial charge in [-0.2, -0.15) is 0 Å². The number of hydrogen-bond acceptors (Lipinski definition) is 4. The summed E-state index contributed by atoms with van der Waals surface area (Å²) in [5, 5.41) is 0. The van der Waals surface area contributed by atoms with E-state index in [-0.39, 0.29) is 11.6 Å². The molecule has 1 aliphatic rings. The van der Waals surface area contributed by atoms with E-state index in [9.17, 15) is 4.79 Å². The molecule has 0 atom stereocenters. The summed E-state index contributed by atoms with van der Waals surface area (Å²) in [6.45, 7) is 6.44. The van der Waals surface area contributed by atoms with Crippen molar-refractivity contribution in [3.05, 3.63) is 99.7 Å². The smallest absolute Gasteiger partial charge is 0.251 e. The number of nitrogens with one attached hydrogen (secondary N) is 1. The van der Waals surface area contributed by atoms with E-state index in [1.807, 2.05) is 6.92 Å². The van der Waals surface area contributed by atoms with E-state index in [1.54, 1.807) is 6.07 Å². The highest BCUT2D eigenvalue weighted by Gasteiger charge is 2.26. The first-order valence-corrected chi connectivity index (χ1v) is 9.82. The molecule has 1 aromatic heterocycles. The van der Waals surface area contributed by atoms with Gasteiger partial charge in [0.15, 0.2) is 0 Å². The molecule has 144 valence electrons. The van der Waals surface area contributed by atoms with Gasteiger partial charge in [-0.05, 0) is 18.1 Å². The molecule has 1 aliphatic heterocycles. The summed E-state index contributed by atoms with van der Waals surface area (Å²) in [6.07, 6.45) is 0. The zero-order chi connectivity index (χ0) is 19.3. The van der Waals surface area contributed by atoms with E-state index < -0.39 is 0 Å². The lowest BCUT2D eigenvalue weighted by molar-refractivity contribution is 0.104. The first-order chi connectivity index (χ1) is 13.7. The van der Waals surface area contributed by atoms with E-state index in [0.717, 1.165) is 38.4 Å². The monoisotopic (exact) mass is 374 g/mol. The average molecular weight is 374 g/mol. The number of rotatable bonds is 5. The standard InChI is InChI=1S/C23H26N4O/c1-18-24-21(16-22(28)25-18)17-26-12-14-27(15-13-26)23(19-8-4-2-5-9-19)20-10-6-3-7-11-20/h2-11,16,23H,12-15,17H2,1H3,(H,24,25,28). The Hall–Kier alpha value is -2.76. The second-order valence-corrected chi connectivity index (χ2v) is 7.36. The van der Waals surface area contributed by atoms with Crippen molar-refractivity contribution in [2.24, 2.45) is 0 Å². The lowest BCUT2D eigenvalue weighted by atomic mass is 9.96. The van der Waals surface area contributed by atoms with Crippen LogP contribution in [-0.2, 0) is 6.54 Å². The highest BCUT2D eigenvalue weighted by molar-refractivity contribution is 5.32. The van der Waals surface area contributed by atoms with Crippen LogP contribution >= 0.6 is 0 Å². The average Bonchev–Trinajstić information content (AvgIpc) is 2.70. The quantitative estimate of drug-likeness (QED) is 0.746. The predicted octanol–water partition coefficient (Wildman–Crippen LogP) is 2.99. The number of aryl methyl sites for hydroxylation is 1. The summed E-state index contributed by atoms with van der Waals surface area (Å²) in [7, 11) is 0. The molecule has 3 aromatic rings. The Morgan fingerprint density at radius 3 is 2.04 bits per heavy atom. The minimum atomic E-state index is -0.0747. The third kappa shape index (κ3) is 4.38. The summed E-state index contributed by atoms with van der Waals surface area (Å²) >= 11 is 0. The molecule has 0 aliphatic carbocycles. The Morgan fingerprint density at radius 2 is 1.50 bits per heavy atom. The van der Waals surface area contributed by atoms with Gasteiger partial charge in [-0.15, -0.1) is 0 Å². The topological polar surface area (TPSA) is 52.2 Å². The van der Waals surface area contributed by atoms with Crippen molar-refractivity contribution in [1.29, 1.82) is 0 Å². The molecule has 28 heavy (non-hydrogen) atoms. The van der Waals surface area contributed by atoms with Crippen LogP contribution < -0.4 is 5.56 Å². The highest BCUT2D eigenvalue weighted by Crippen LogP contribution is 2.29. The molecule has 1 saturated heterocycles. The fourth-order valence-corrected chi connectivity index (χ4v) is 4.02. The minimum Gasteiger partial charge on any atom is -0.311 e. The number of benzene rings is 2. The first kappa shape index (κ1) is 18.6. The van der Waals surface area contributed by atoms with Gasteiger partial charge in [-0.3, -0.25) is 14.6 Å². The molecule has 5 heteroatoms. The molecule has 2 aromatic carbocycles. The molecule has 1 fully saturated rings. The van der Waals surface area contributed by atoms with Gasteiger partial charge in [0.25, 0.3) is 5.56 Å². The molecule has 5 nitrogen and oxygen atoms in total. The van der Waals surface area contributed by atoms with Crippen LogP contribution in [0.2, 0.25) is 0 Å². The van der Waals surface area contributed by atoms with Crippen LogP contribution in [0.15, 0.2) is 71.5 Å². The maximum Gasteiger partial charge on any atom is 0.251 e. The molecule has 0 amide bonds. The van der Waals surface area contributed by atoms with Gasteiger partial charge in [0.2, 0.25) is 0 Å². The second kappa shape index (κ2) is 8.50. The largest absolute Gasteiger partial charge is 0.311 e. The lowest BCUT2D eigenvalue weighted by Crippen LogP contribution is -2.47. The molecule has 0 unspecified atom stereocenters.